The first-order valence-electron chi connectivity index (χ1n) is 6.75. The van der Waals surface area contributed by atoms with Crippen LogP contribution in [-0.4, -0.2) is 25.0 Å². The molecule has 1 saturated heterocycles. The highest BCUT2D eigenvalue weighted by molar-refractivity contribution is 5.94. The van der Waals surface area contributed by atoms with Crippen molar-refractivity contribution >= 4 is 5.91 Å². The fraction of sp³-hybridized carbons (Fsp3) is 0.533. The van der Waals surface area contributed by atoms with Gasteiger partial charge in [-0.3, -0.25) is 4.79 Å². The van der Waals surface area contributed by atoms with Crippen molar-refractivity contribution in [2.24, 2.45) is 5.92 Å². The highest BCUT2D eigenvalue weighted by Gasteiger charge is 2.21. The lowest BCUT2D eigenvalue weighted by atomic mass is 9.93. The standard InChI is InChI=1S/C15H22N2O/c1-11-5-7-13(8-6-11)15(18)17-10-14-12(2)4-3-9-16-14/h5-8,12,14,16H,3-4,9-10H2,1-2H3,(H,17,18). The van der Waals surface area contributed by atoms with Crippen molar-refractivity contribution in [1.82, 2.24) is 10.6 Å². The maximum Gasteiger partial charge on any atom is 0.251 e. The van der Waals surface area contributed by atoms with E-state index in [2.05, 4.69) is 17.6 Å². The van der Waals surface area contributed by atoms with Crippen LogP contribution >= 0.6 is 0 Å². The predicted octanol–water partition coefficient (Wildman–Crippen LogP) is 2.11. The number of aryl methyl sites for hydroxylation is 1. The summed E-state index contributed by atoms with van der Waals surface area (Å²) in [7, 11) is 0. The summed E-state index contributed by atoms with van der Waals surface area (Å²) in [5.74, 6) is 0.659. The van der Waals surface area contributed by atoms with Crippen molar-refractivity contribution in [3.05, 3.63) is 35.4 Å². The first-order valence-corrected chi connectivity index (χ1v) is 6.75. The second kappa shape index (κ2) is 6.01. The van der Waals surface area contributed by atoms with Crippen molar-refractivity contribution in [3.63, 3.8) is 0 Å². The largest absolute Gasteiger partial charge is 0.350 e. The van der Waals surface area contributed by atoms with Gasteiger partial charge in [0.2, 0.25) is 0 Å². The topological polar surface area (TPSA) is 41.1 Å². The van der Waals surface area contributed by atoms with E-state index >= 15 is 0 Å². The highest BCUT2D eigenvalue weighted by Crippen LogP contribution is 2.14. The molecule has 3 heteroatoms. The van der Waals surface area contributed by atoms with E-state index in [1.54, 1.807) is 0 Å². The van der Waals surface area contributed by atoms with E-state index in [1.165, 1.54) is 18.4 Å². The minimum Gasteiger partial charge on any atom is -0.350 e. The maximum atomic E-state index is 12.0. The molecule has 0 aliphatic carbocycles. The second-order valence-electron chi connectivity index (χ2n) is 5.26. The van der Waals surface area contributed by atoms with Crippen molar-refractivity contribution in [2.45, 2.75) is 32.7 Å². The van der Waals surface area contributed by atoms with Gasteiger partial charge in [0.15, 0.2) is 0 Å². The third kappa shape index (κ3) is 3.33. The lowest BCUT2D eigenvalue weighted by Gasteiger charge is -2.30. The molecule has 18 heavy (non-hydrogen) atoms. The molecule has 98 valence electrons. The summed E-state index contributed by atoms with van der Waals surface area (Å²) in [5, 5.41) is 6.49. The van der Waals surface area contributed by atoms with Crippen molar-refractivity contribution in [2.75, 3.05) is 13.1 Å². The summed E-state index contributed by atoms with van der Waals surface area (Å²) >= 11 is 0. The molecule has 0 spiro atoms. The number of rotatable bonds is 3. The summed E-state index contributed by atoms with van der Waals surface area (Å²) < 4.78 is 0. The summed E-state index contributed by atoms with van der Waals surface area (Å²) in [5.41, 5.74) is 1.91. The van der Waals surface area contributed by atoms with Crippen LogP contribution in [0.2, 0.25) is 0 Å². The zero-order valence-corrected chi connectivity index (χ0v) is 11.2. The van der Waals surface area contributed by atoms with E-state index in [9.17, 15) is 4.79 Å². The van der Waals surface area contributed by atoms with Crippen LogP contribution in [0.15, 0.2) is 24.3 Å². The average Bonchev–Trinajstić information content (AvgIpc) is 2.38. The van der Waals surface area contributed by atoms with Crippen molar-refractivity contribution < 1.29 is 4.79 Å². The fourth-order valence-electron chi connectivity index (χ4n) is 2.40. The van der Waals surface area contributed by atoms with Crippen molar-refractivity contribution in [1.29, 1.82) is 0 Å². The van der Waals surface area contributed by atoms with Gasteiger partial charge in [-0.05, 0) is 44.4 Å². The van der Waals surface area contributed by atoms with Crippen LogP contribution in [0.25, 0.3) is 0 Å². The molecule has 1 aromatic carbocycles. The molecule has 0 aromatic heterocycles. The number of carbonyl (C=O) groups is 1. The number of piperidine rings is 1. The van der Waals surface area contributed by atoms with E-state index < -0.39 is 0 Å². The Morgan fingerprint density at radius 2 is 2.11 bits per heavy atom. The lowest BCUT2D eigenvalue weighted by Crippen LogP contribution is -2.47. The number of amides is 1. The molecule has 2 unspecified atom stereocenters. The van der Waals surface area contributed by atoms with E-state index in [0.717, 1.165) is 12.1 Å². The molecular formula is C15H22N2O. The molecule has 2 N–H and O–H groups in total. The highest BCUT2D eigenvalue weighted by atomic mass is 16.1. The fourth-order valence-corrected chi connectivity index (χ4v) is 2.40. The average molecular weight is 246 g/mol. The van der Waals surface area contributed by atoms with Crippen LogP contribution in [0.5, 0.6) is 0 Å². The molecule has 1 fully saturated rings. The van der Waals surface area contributed by atoms with E-state index in [1.807, 2.05) is 31.2 Å². The molecule has 1 heterocycles. The van der Waals surface area contributed by atoms with Gasteiger partial charge in [-0.1, -0.05) is 24.6 Å². The molecule has 2 atom stereocenters. The summed E-state index contributed by atoms with van der Waals surface area (Å²) in [6.07, 6.45) is 2.49. The Morgan fingerprint density at radius 1 is 1.39 bits per heavy atom. The van der Waals surface area contributed by atoms with Crippen LogP contribution in [0.4, 0.5) is 0 Å². The number of carbonyl (C=O) groups excluding carboxylic acids is 1. The summed E-state index contributed by atoms with van der Waals surface area (Å²) in [4.78, 5) is 12.0. The third-order valence-corrected chi connectivity index (χ3v) is 3.73. The number of benzene rings is 1. The first-order chi connectivity index (χ1) is 8.66. The Hall–Kier alpha value is -1.35. The molecule has 1 aliphatic heterocycles. The van der Waals surface area contributed by atoms with Gasteiger partial charge in [0.05, 0.1) is 0 Å². The normalized spacial score (nSPS) is 23.7. The van der Waals surface area contributed by atoms with Gasteiger partial charge in [-0.15, -0.1) is 0 Å². The monoisotopic (exact) mass is 246 g/mol. The summed E-state index contributed by atoms with van der Waals surface area (Å²) in [6, 6.07) is 8.10. The van der Waals surface area contributed by atoms with E-state index in [0.29, 0.717) is 18.5 Å². The third-order valence-electron chi connectivity index (χ3n) is 3.73. The molecule has 3 nitrogen and oxygen atoms in total. The number of nitrogens with one attached hydrogen (secondary N) is 2. The molecule has 0 radical (unpaired) electrons. The van der Waals surface area contributed by atoms with Gasteiger partial charge in [0, 0.05) is 18.2 Å². The smallest absolute Gasteiger partial charge is 0.251 e. The zero-order valence-electron chi connectivity index (χ0n) is 11.2. The molecular weight excluding hydrogens is 224 g/mol. The maximum absolute atomic E-state index is 12.0. The van der Waals surface area contributed by atoms with Gasteiger partial charge in [0.1, 0.15) is 0 Å². The quantitative estimate of drug-likeness (QED) is 0.857. The number of hydrogen-bond donors (Lipinski definition) is 2. The van der Waals surface area contributed by atoms with Crippen LogP contribution in [0, 0.1) is 12.8 Å². The Labute approximate surface area is 109 Å². The van der Waals surface area contributed by atoms with E-state index in [4.69, 9.17) is 0 Å². The van der Waals surface area contributed by atoms with Gasteiger partial charge >= 0.3 is 0 Å². The van der Waals surface area contributed by atoms with Gasteiger partial charge in [-0.2, -0.15) is 0 Å². The molecule has 1 aromatic rings. The Balaban J connectivity index is 1.86. The minimum absolute atomic E-state index is 0.0228. The Morgan fingerprint density at radius 3 is 2.78 bits per heavy atom. The van der Waals surface area contributed by atoms with E-state index in [-0.39, 0.29) is 5.91 Å². The summed E-state index contributed by atoms with van der Waals surface area (Å²) in [6.45, 7) is 6.05. The van der Waals surface area contributed by atoms with Crippen LogP contribution in [0.1, 0.15) is 35.7 Å². The first kappa shape index (κ1) is 13.1. The van der Waals surface area contributed by atoms with Crippen LogP contribution < -0.4 is 10.6 Å². The molecule has 1 amide bonds. The predicted molar refractivity (Wildman–Crippen MR) is 73.7 cm³/mol. The van der Waals surface area contributed by atoms with Crippen molar-refractivity contribution in [3.8, 4) is 0 Å². The van der Waals surface area contributed by atoms with Crippen LogP contribution in [-0.2, 0) is 0 Å². The SMILES string of the molecule is Cc1ccc(C(=O)NCC2NCCCC2C)cc1. The molecule has 0 saturated carbocycles. The molecule has 1 aliphatic rings. The second-order valence-corrected chi connectivity index (χ2v) is 5.26. The van der Waals surface area contributed by atoms with Gasteiger partial charge in [0.25, 0.3) is 5.91 Å². The van der Waals surface area contributed by atoms with Gasteiger partial charge in [-0.25, -0.2) is 0 Å². The Kier molecular flexibility index (Phi) is 4.37. The number of hydrogen-bond acceptors (Lipinski definition) is 2. The lowest BCUT2D eigenvalue weighted by molar-refractivity contribution is 0.0943. The zero-order chi connectivity index (χ0) is 13.0. The van der Waals surface area contributed by atoms with Crippen LogP contribution in [0.3, 0.4) is 0 Å². The Bertz CT molecular complexity index is 399. The van der Waals surface area contributed by atoms with Gasteiger partial charge < -0.3 is 10.6 Å². The molecule has 0 bridgehead atoms. The minimum atomic E-state index is 0.0228. The molecule has 2 rings (SSSR count).